The third-order valence-corrected chi connectivity index (χ3v) is 4.15. The molecule has 0 N–H and O–H groups in total. The maximum absolute atomic E-state index is 12.8. The minimum atomic E-state index is -2.54. The molecule has 0 aliphatic heterocycles. The summed E-state index contributed by atoms with van der Waals surface area (Å²) in [5.74, 6) is 1.21. The molecule has 3 rings (SSSR count). The second kappa shape index (κ2) is 6.19. The molecule has 0 bridgehead atoms. The number of alkyl halides is 2. The van der Waals surface area contributed by atoms with Gasteiger partial charge in [0, 0.05) is 16.1 Å². The number of hydrogen-bond donors (Lipinski definition) is 0. The first-order chi connectivity index (χ1) is 10.9. The number of benzene rings is 1. The van der Waals surface area contributed by atoms with Gasteiger partial charge in [0.15, 0.2) is 17.3 Å². The fourth-order valence-electron chi connectivity index (χ4n) is 2.17. The maximum atomic E-state index is 12.8. The van der Waals surface area contributed by atoms with E-state index >= 15 is 0 Å². The molecule has 0 saturated heterocycles. The van der Waals surface area contributed by atoms with Gasteiger partial charge in [-0.15, -0.1) is 0 Å². The summed E-state index contributed by atoms with van der Waals surface area (Å²) in [5, 5.41) is 8.05. The second-order valence-electron chi connectivity index (χ2n) is 5.12. The standard InChI is InChI=1S/C15H13BrF2N4O/c1-8-5-10(3-4-11(8)16)14-19-15(12-6-9(2)23-21-12)22(20-14)7-13(17)18/h3-6,13H,7H2,1-2H3. The second-order valence-corrected chi connectivity index (χ2v) is 5.97. The van der Waals surface area contributed by atoms with E-state index in [1.807, 2.05) is 25.1 Å². The molecule has 23 heavy (non-hydrogen) atoms. The molecular weight excluding hydrogens is 370 g/mol. The molecule has 0 fully saturated rings. The molecule has 0 aliphatic rings. The van der Waals surface area contributed by atoms with Crippen LogP contribution in [0.25, 0.3) is 22.9 Å². The Morgan fingerprint density at radius 1 is 1.26 bits per heavy atom. The number of nitrogens with zero attached hydrogens (tertiary/aromatic N) is 4. The van der Waals surface area contributed by atoms with Gasteiger partial charge in [-0.2, -0.15) is 5.10 Å². The molecule has 0 amide bonds. The van der Waals surface area contributed by atoms with Crippen LogP contribution in [-0.2, 0) is 6.54 Å². The van der Waals surface area contributed by atoms with Crippen molar-refractivity contribution in [2.75, 3.05) is 0 Å². The smallest absolute Gasteiger partial charge is 0.258 e. The number of aromatic nitrogens is 4. The van der Waals surface area contributed by atoms with Crippen molar-refractivity contribution in [3.05, 3.63) is 40.1 Å². The van der Waals surface area contributed by atoms with Gasteiger partial charge in [0.25, 0.3) is 6.43 Å². The first kappa shape index (κ1) is 15.8. The highest BCUT2D eigenvalue weighted by atomic mass is 79.9. The van der Waals surface area contributed by atoms with Gasteiger partial charge < -0.3 is 4.52 Å². The van der Waals surface area contributed by atoms with Crippen molar-refractivity contribution in [1.29, 1.82) is 0 Å². The quantitative estimate of drug-likeness (QED) is 0.676. The summed E-state index contributed by atoms with van der Waals surface area (Å²) in [7, 11) is 0. The van der Waals surface area contributed by atoms with Crippen LogP contribution in [0.5, 0.6) is 0 Å². The van der Waals surface area contributed by atoms with Crippen LogP contribution in [-0.4, -0.2) is 26.3 Å². The zero-order valence-corrected chi connectivity index (χ0v) is 14.0. The summed E-state index contributed by atoms with van der Waals surface area (Å²) >= 11 is 3.43. The topological polar surface area (TPSA) is 56.7 Å². The molecule has 8 heteroatoms. The van der Waals surface area contributed by atoms with E-state index in [9.17, 15) is 8.78 Å². The normalized spacial score (nSPS) is 11.4. The van der Waals surface area contributed by atoms with Crippen molar-refractivity contribution in [1.82, 2.24) is 19.9 Å². The van der Waals surface area contributed by atoms with Crippen molar-refractivity contribution < 1.29 is 13.3 Å². The van der Waals surface area contributed by atoms with Crippen LogP contribution in [0.3, 0.4) is 0 Å². The molecule has 2 heterocycles. The van der Waals surface area contributed by atoms with E-state index in [0.29, 0.717) is 17.3 Å². The third kappa shape index (κ3) is 3.31. The first-order valence-electron chi connectivity index (χ1n) is 6.87. The van der Waals surface area contributed by atoms with E-state index in [4.69, 9.17) is 4.52 Å². The largest absolute Gasteiger partial charge is 0.361 e. The average Bonchev–Trinajstić information content (AvgIpc) is 3.08. The zero-order chi connectivity index (χ0) is 16.6. The molecule has 1 aromatic carbocycles. The Balaban J connectivity index is 2.08. The lowest BCUT2D eigenvalue weighted by Crippen LogP contribution is -2.10. The van der Waals surface area contributed by atoms with Crippen molar-refractivity contribution in [2.45, 2.75) is 26.8 Å². The molecule has 0 atom stereocenters. The van der Waals surface area contributed by atoms with Crippen molar-refractivity contribution in [3.8, 4) is 22.9 Å². The molecule has 0 radical (unpaired) electrons. The highest BCUT2D eigenvalue weighted by molar-refractivity contribution is 9.10. The van der Waals surface area contributed by atoms with Crippen LogP contribution >= 0.6 is 15.9 Å². The fraction of sp³-hybridized carbons (Fsp3) is 0.267. The van der Waals surface area contributed by atoms with Crippen LogP contribution in [0.4, 0.5) is 8.78 Å². The molecule has 0 unspecified atom stereocenters. The lowest BCUT2D eigenvalue weighted by atomic mass is 10.1. The predicted molar refractivity (Wildman–Crippen MR) is 84.1 cm³/mol. The maximum Gasteiger partial charge on any atom is 0.258 e. The van der Waals surface area contributed by atoms with Crippen LogP contribution in [0.1, 0.15) is 11.3 Å². The number of rotatable bonds is 4. The van der Waals surface area contributed by atoms with Gasteiger partial charge in [0.05, 0.1) is 0 Å². The van der Waals surface area contributed by atoms with Crippen molar-refractivity contribution >= 4 is 15.9 Å². The summed E-state index contributed by atoms with van der Waals surface area (Å²) in [6.07, 6.45) is -2.54. The Morgan fingerprint density at radius 2 is 2.04 bits per heavy atom. The number of halogens is 3. The highest BCUT2D eigenvalue weighted by Gasteiger charge is 2.19. The zero-order valence-electron chi connectivity index (χ0n) is 12.4. The van der Waals surface area contributed by atoms with Gasteiger partial charge >= 0.3 is 0 Å². The molecule has 5 nitrogen and oxygen atoms in total. The molecule has 0 aliphatic carbocycles. The fourth-order valence-corrected chi connectivity index (χ4v) is 2.41. The Hall–Kier alpha value is -2.09. The monoisotopic (exact) mass is 382 g/mol. The molecule has 0 saturated carbocycles. The summed E-state index contributed by atoms with van der Waals surface area (Å²) < 4.78 is 32.7. The first-order valence-corrected chi connectivity index (χ1v) is 7.66. The summed E-state index contributed by atoms with van der Waals surface area (Å²) in [6, 6.07) is 7.24. The van der Waals surface area contributed by atoms with Crippen molar-refractivity contribution in [3.63, 3.8) is 0 Å². The van der Waals surface area contributed by atoms with Gasteiger partial charge in [-0.25, -0.2) is 18.4 Å². The van der Waals surface area contributed by atoms with Crippen LogP contribution in [0.15, 0.2) is 33.3 Å². The Morgan fingerprint density at radius 3 is 2.65 bits per heavy atom. The Labute approximate surface area is 139 Å². The van der Waals surface area contributed by atoms with Gasteiger partial charge in [-0.1, -0.05) is 21.1 Å². The van der Waals surface area contributed by atoms with Gasteiger partial charge in [0.2, 0.25) is 0 Å². The van der Waals surface area contributed by atoms with Crippen LogP contribution in [0.2, 0.25) is 0 Å². The van der Waals surface area contributed by atoms with Gasteiger partial charge in [-0.05, 0) is 37.6 Å². The highest BCUT2D eigenvalue weighted by Crippen LogP contribution is 2.26. The molecule has 3 aromatic rings. The van der Waals surface area contributed by atoms with Gasteiger partial charge in [-0.3, -0.25) is 0 Å². The van der Waals surface area contributed by atoms with E-state index in [0.717, 1.165) is 20.3 Å². The molecule has 2 aromatic heterocycles. The van der Waals surface area contributed by atoms with Crippen LogP contribution in [0, 0.1) is 13.8 Å². The minimum absolute atomic E-state index is 0.262. The van der Waals surface area contributed by atoms with E-state index < -0.39 is 13.0 Å². The van der Waals surface area contributed by atoms with Crippen LogP contribution < -0.4 is 0 Å². The van der Waals surface area contributed by atoms with E-state index in [1.165, 1.54) is 0 Å². The summed E-state index contributed by atoms with van der Waals surface area (Å²) in [5.41, 5.74) is 2.14. The predicted octanol–water partition coefficient (Wildman–Crippen LogP) is 4.24. The number of aryl methyl sites for hydroxylation is 2. The van der Waals surface area contributed by atoms with Crippen molar-refractivity contribution in [2.24, 2.45) is 0 Å². The summed E-state index contributed by atoms with van der Waals surface area (Å²) in [4.78, 5) is 4.37. The Bertz CT molecular complexity index is 844. The molecule has 120 valence electrons. The third-order valence-electron chi connectivity index (χ3n) is 3.26. The van der Waals surface area contributed by atoms with E-state index in [1.54, 1.807) is 13.0 Å². The lowest BCUT2D eigenvalue weighted by molar-refractivity contribution is 0.122. The average molecular weight is 383 g/mol. The SMILES string of the molecule is Cc1cc(-c2nc(-c3ccc(Br)c(C)c3)nn2CC(F)F)no1. The minimum Gasteiger partial charge on any atom is -0.361 e. The molecule has 0 spiro atoms. The van der Waals surface area contributed by atoms with E-state index in [-0.39, 0.29) is 5.82 Å². The molecular formula is C15H13BrF2N4O. The summed E-state index contributed by atoms with van der Waals surface area (Å²) in [6.45, 7) is 3.11. The lowest BCUT2D eigenvalue weighted by Gasteiger charge is -2.02. The van der Waals surface area contributed by atoms with Gasteiger partial charge in [0.1, 0.15) is 12.3 Å². The Kier molecular flexibility index (Phi) is 4.25. The van der Waals surface area contributed by atoms with E-state index in [2.05, 4.69) is 31.2 Å². The number of hydrogen-bond acceptors (Lipinski definition) is 4.